The first-order chi connectivity index (χ1) is 16.1. The summed E-state index contributed by atoms with van der Waals surface area (Å²) in [5, 5.41) is 12.6. The van der Waals surface area contributed by atoms with Crippen LogP contribution in [0.2, 0.25) is 0 Å². The van der Waals surface area contributed by atoms with Gasteiger partial charge < -0.3 is 14.6 Å². The Labute approximate surface area is 204 Å². The molecule has 4 nitrogen and oxygen atoms in total. The Bertz CT molecular complexity index is 1020. The van der Waals surface area contributed by atoms with Crippen molar-refractivity contribution in [3.8, 4) is 0 Å². The van der Waals surface area contributed by atoms with Crippen LogP contribution in [0.3, 0.4) is 0 Å². The SMILES string of the molecule is CC(C)(C)c1ccc(C2C3(CCC4=C5CC[C@]6(C)C(=O)CC[C@H]6[C@@H]5CC[C@]42O)OCCO3)cc1. The minimum Gasteiger partial charge on any atom is -0.385 e. The predicted octanol–water partition coefficient (Wildman–Crippen LogP) is 5.82. The van der Waals surface area contributed by atoms with Gasteiger partial charge in [0.2, 0.25) is 0 Å². The van der Waals surface area contributed by atoms with Gasteiger partial charge in [0.1, 0.15) is 5.78 Å². The van der Waals surface area contributed by atoms with E-state index in [0.29, 0.717) is 30.8 Å². The van der Waals surface area contributed by atoms with Gasteiger partial charge in [-0.15, -0.1) is 0 Å². The summed E-state index contributed by atoms with van der Waals surface area (Å²) in [5.41, 5.74) is 4.11. The van der Waals surface area contributed by atoms with Crippen molar-refractivity contribution >= 4 is 5.78 Å². The summed E-state index contributed by atoms with van der Waals surface area (Å²) in [7, 11) is 0. The monoisotopic (exact) mass is 464 g/mol. The standard InChI is InChI=1S/C30H40O4/c1-27(2,3)20-7-5-19(6-8-20)26-29(32)15-12-21-22(11-14-28(4)23(21)9-10-25(28)31)24(29)13-16-30(26)33-17-18-34-30/h5-8,21,23,26,32H,9-18H2,1-4H3/t21-,23+,26?,28+,29+/m1/s1. The molecule has 6 rings (SSSR count). The van der Waals surface area contributed by atoms with Crippen molar-refractivity contribution in [3.05, 3.63) is 46.5 Å². The number of carbonyl (C=O) groups excluding carboxylic acids is 1. The van der Waals surface area contributed by atoms with Crippen molar-refractivity contribution in [3.63, 3.8) is 0 Å². The normalized spacial score (nSPS) is 39.2. The molecular weight excluding hydrogens is 424 g/mol. The van der Waals surface area contributed by atoms with E-state index in [2.05, 4.69) is 52.0 Å². The fraction of sp³-hybridized carbons (Fsp3) is 0.700. The topological polar surface area (TPSA) is 55.8 Å². The molecule has 1 aromatic rings. The van der Waals surface area contributed by atoms with Gasteiger partial charge in [-0.05, 0) is 72.5 Å². The number of Topliss-reactive ketones (excluding diaryl/α,β-unsaturated/α-hetero) is 1. The molecule has 4 fully saturated rings. The van der Waals surface area contributed by atoms with Crippen LogP contribution in [-0.2, 0) is 19.7 Å². The number of rotatable bonds is 1. The Morgan fingerprint density at radius 2 is 1.65 bits per heavy atom. The van der Waals surface area contributed by atoms with Crippen LogP contribution in [0.4, 0.5) is 0 Å². The molecule has 4 aliphatic carbocycles. The summed E-state index contributed by atoms with van der Waals surface area (Å²) in [6, 6.07) is 8.82. The molecule has 1 unspecified atom stereocenters. The Kier molecular flexibility index (Phi) is 5.06. The van der Waals surface area contributed by atoms with Gasteiger partial charge >= 0.3 is 0 Å². The lowest BCUT2D eigenvalue weighted by atomic mass is 9.52. The maximum absolute atomic E-state index is 12.8. The molecule has 1 aromatic carbocycles. The van der Waals surface area contributed by atoms with Gasteiger partial charge in [0.25, 0.3) is 0 Å². The highest BCUT2D eigenvalue weighted by Gasteiger charge is 2.63. The first-order valence-electron chi connectivity index (χ1n) is 13.4. The Morgan fingerprint density at radius 1 is 0.941 bits per heavy atom. The van der Waals surface area contributed by atoms with E-state index >= 15 is 0 Å². The lowest BCUT2D eigenvalue weighted by molar-refractivity contribution is -0.225. The average molecular weight is 465 g/mol. The highest BCUT2D eigenvalue weighted by molar-refractivity contribution is 5.87. The van der Waals surface area contributed by atoms with Crippen LogP contribution in [0.25, 0.3) is 0 Å². The Hall–Kier alpha value is -1.49. The molecule has 4 heteroatoms. The second-order valence-electron chi connectivity index (χ2n) is 12.9. The summed E-state index contributed by atoms with van der Waals surface area (Å²) < 4.78 is 12.7. The van der Waals surface area contributed by atoms with Gasteiger partial charge in [0, 0.05) is 18.3 Å². The predicted molar refractivity (Wildman–Crippen MR) is 132 cm³/mol. The van der Waals surface area contributed by atoms with E-state index in [-0.39, 0.29) is 16.7 Å². The molecule has 0 bridgehead atoms. The number of fused-ring (bicyclic) bond motifs is 4. The molecule has 1 aliphatic heterocycles. The molecule has 1 saturated heterocycles. The number of aliphatic hydroxyl groups is 1. The van der Waals surface area contributed by atoms with Crippen LogP contribution in [0, 0.1) is 17.3 Å². The van der Waals surface area contributed by atoms with E-state index in [4.69, 9.17) is 9.47 Å². The molecule has 0 aromatic heterocycles. The number of ether oxygens (including phenoxy) is 2. The Balaban J connectivity index is 1.44. The van der Waals surface area contributed by atoms with Crippen molar-refractivity contribution in [2.45, 2.75) is 102 Å². The third kappa shape index (κ3) is 3.10. The zero-order valence-corrected chi connectivity index (χ0v) is 21.3. The summed E-state index contributed by atoms with van der Waals surface area (Å²) in [5.74, 6) is 0.382. The molecule has 0 amide bonds. The van der Waals surface area contributed by atoms with Gasteiger partial charge in [0.05, 0.1) is 24.7 Å². The zero-order valence-electron chi connectivity index (χ0n) is 21.3. The van der Waals surface area contributed by atoms with Gasteiger partial charge in [-0.3, -0.25) is 4.79 Å². The molecule has 5 atom stereocenters. The van der Waals surface area contributed by atoms with E-state index in [1.807, 2.05) is 0 Å². The highest BCUT2D eigenvalue weighted by Crippen LogP contribution is 2.64. The molecule has 3 saturated carbocycles. The maximum atomic E-state index is 12.8. The van der Waals surface area contributed by atoms with E-state index in [9.17, 15) is 9.90 Å². The molecule has 184 valence electrons. The number of allylic oxidation sites excluding steroid dienone is 1. The fourth-order valence-electron chi connectivity index (χ4n) is 8.43. The van der Waals surface area contributed by atoms with Gasteiger partial charge in [-0.1, -0.05) is 57.5 Å². The Morgan fingerprint density at radius 3 is 2.32 bits per heavy atom. The second kappa shape index (κ2) is 7.51. The van der Waals surface area contributed by atoms with E-state index < -0.39 is 11.4 Å². The van der Waals surface area contributed by atoms with Crippen LogP contribution >= 0.6 is 0 Å². The van der Waals surface area contributed by atoms with Crippen LogP contribution in [0.1, 0.15) is 96.1 Å². The molecule has 0 radical (unpaired) electrons. The smallest absolute Gasteiger partial charge is 0.178 e. The molecule has 1 spiro atoms. The molecule has 1 heterocycles. The molecule has 34 heavy (non-hydrogen) atoms. The van der Waals surface area contributed by atoms with Gasteiger partial charge in [0.15, 0.2) is 5.79 Å². The highest BCUT2D eigenvalue weighted by atomic mass is 16.7. The van der Waals surface area contributed by atoms with Gasteiger partial charge in [-0.25, -0.2) is 0 Å². The summed E-state index contributed by atoms with van der Waals surface area (Å²) >= 11 is 0. The van der Waals surface area contributed by atoms with Crippen LogP contribution < -0.4 is 0 Å². The summed E-state index contributed by atoms with van der Waals surface area (Å²) in [6.45, 7) is 10.1. The average Bonchev–Trinajstić information content (AvgIpc) is 3.37. The van der Waals surface area contributed by atoms with E-state index in [0.717, 1.165) is 56.9 Å². The van der Waals surface area contributed by atoms with Crippen LogP contribution in [-0.4, -0.2) is 35.5 Å². The van der Waals surface area contributed by atoms with E-state index in [1.165, 1.54) is 16.7 Å². The van der Waals surface area contributed by atoms with Gasteiger partial charge in [-0.2, -0.15) is 0 Å². The second-order valence-corrected chi connectivity index (χ2v) is 12.9. The summed E-state index contributed by atoms with van der Waals surface area (Å²) in [6.07, 6.45) is 6.92. The quantitative estimate of drug-likeness (QED) is 0.532. The van der Waals surface area contributed by atoms with Crippen LogP contribution in [0.15, 0.2) is 35.4 Å². The van der Waals surface area contributed by atoms with Crippen molar-refractivity contribution in [1.82, 2.24) is 0 Å². The van der Waals surface area contributed by atoms with Crippen LogP contribution in [0.5, 0.6) is 0 Å². The third-order valence-electron chi connectivity index (χ3n) is 10.3. The lowest BCUT2D eigenvalue weighted by Gasteiger charge is -2.56. The van der Waals surface area contributed by atoms with Crippen molar-refractivity contribution in [1.29, 1.82) is 0 Å². The first kappa shape index (κ1) is 22.9. The fourth-order valence-corrected chi connectivity index (χ4v) is 8.43. The summed E-state index contributed by atoms with van der Waals surface area (Å²) in [4.78, 5) is 12.8. The third-order valence-corrected chi connectivity index (χ3v) is 10.3. The number of ketones is 1. The molecular formula is C30H40O4. The van der Waals surface area contributed by atoms with Crippen molar-refractivity contribution in [2.75, 3.05) is 13.2 Å². The van der Waals surface area contributed by atoms with Crippen molar-refractivity contribution < 1.29 is 19.4 Å². The number of hydrogen-bond acceptors (Lipinski definition) is 4. The van der Waals surface area contributed by atoms with E-state index in [1.54, 1.807) is 0 Å². The largest absolute Gasteiger partial charge is 0.385 e. The first-order valence-corrected chi connectivity index (χ1v) is 13.4. The van der Waals surface area contributed by atoms with Crippen molar-refractivity contribution in [2.24, 2.45) is 17.3 Å². The zero-order chi connectivity index (χ0) is 23.9. The lowest BCUT2D eigenvalue weighted by Crippen LogP contribution is -2.58. The maximum Gasteiger partial charge on any atom is 0.178 e. The number of hydrogen-bond donors (Lipinski definition) is 1. The molecule has 1 N–H and O–H groups in total. The number of carbonyl (C=O) groups is 1. The number of benzene rings is 1. The molecule has 5 aliphatic rings. The minimum atomic E-state index is -0.950. The minimum absolute atomic E-state index is 0.0820.